The first-order valence-corrected chi connectivity index (χ1v) is 8.37. The van der Waals surface area contributed by atoms with Crippen LogP contribution < -0.4 is 0 Å². The lowest BCUT2D eigenvalue weighted by molar-refractivity contribution is 0.228. The van der Waals surface area contributed by atoms with Crippen molar-refractivity contribution in [2.24, 2.45) is 0 Å². The van der Waals surface area contributed by atoms with Crippen LogP contribution in [0.15, 0.2) is 11.4 Å². The molecule has 1 fully saturated rings. The number of aryl methyl sites for hydroxylation is 1. The Labute approximate surface area is 108 Å². The maximum atomic E-state index is 3.62. The van der Waals surface area contributed by atoms with Crippen LogP contribution in [0.4, 0.5) is 0 Å². The molecular formula is C11H16BrNS2. The Bertz CT molecular complexity index is 313. The number of hydrogen-bond donors (Lipinski definition) is 0. The number of halogens is 1. The summed E-state index contributed by atoms with van der Waals surface area (Å²) in [5.41, 5.74) is 1.48. The van der Waals surface area contributed by atoms with E-state index < -0.39 is 0 Å². The van der Waals surface area contributed by atoms with Gasteiger partial charge in [-0.1, -0.05) is 15.9 Å². The van der Waals surface area contributed by atoms with Gasteiger partial charge in [-0.25, -0.2) is 0 Å². The third-order valence-electron chi connectivity index (χ3n) is 2.70. The van der Waals surface area contributed by atoms with Crippen molar-refractivity contribution in [3.8, 4) is 0 Å². The third-order valence-corrected chi connectivity index (χ3v) is 5.45. The molecule has 0 aliphatic carbocycles. The van der Waals surface area contributed by atoms with Crippen molar-refractivity contribution in [3.05, 3.63) is 21.9 Å². The van der Waals surface area contributed by atoms with Gasteiger partial charge >= 0.3 is 0 Å². The van der Waals surface area contributed by atoms with Gasteiger partial charge in [0.1, 0.15) is 0 Å². The van der Waals surface area contributed by atoms with Gasteiger partial charge in [-0.15, -0.1) is 11.3 Å². The predicted molar refractivity (Wildman–Crippen MR) is 74.4 cm³/mol. The summed E-state index contributed by atoms with van der Waals surface area (Å²) in [6.07, 6.45) is 0. The third kappa shape index (κ3) is 3.22. The van der Waals surface area contributed by atoms with Gasteiger partial charge in [-0.3, -0.25) is 4.90 Å². The first-order valence-electron chi connectivity index (χ1n) is 5.21. The lowest BCUT2D eigenvalue weighted by Crippen LogP contribution is -2.42. The zero-order chi connectivity index (χ0) is 10.7. The molecule has 1 saturated heterocycles. The van der Waals surface area contributed by atoms with Crippen molar-refractivity contribution in [1.29, 1.82) is 0 Å². The van der Waals surface area contributed by atoms with Gasteiger partial charge in [0.05, 0.1) is 0 Å². The van der Waals surface area contributed by atoms with Crippen molar-refractivity contribution in [2.75, 3.05) is 23.4 Å². The Morgan fingerprint density at radius 3 is 3.13 bits per heavy atom. The summed E-state index contributed by atoms with van der Waals surface area (Å²) in [6.45, 7) is 4.54. The van der Waals surface area contributed by atoms with E-state index in [9.17, 15) is 0 Å². The highest BCUT2D eigenvalue weighted by atomic mass is 79.9. The monoisotopic (exact) mass is 305 g/mol. The second kappa shape index (κ2) is 5.71. The van der Waals surface area contributed by atoms with Crippen LogP contribution in [-0.2, 0) is 6.54 Å². The summed E-state index contributed by atoms with van der Waals surface area (Å²) >= 11 is 7.55. The Morgan fingerprint density at radius 2 is 2.47 bits per heavy atom. The molecule has 1 atom stereocenters. The minimum Gasteiger partial charge on any atom is -0.294 e. The standard InChI is InChI=1S/C11H16BrNS2/c1-9-4-10(7-15-9)6-13-2-3-14-8-11(13)5-12/h4,7,11H,2-3,5-6,8H2,1H3. The van der Waals surface area contributed by atoms with Gasteiger partial charge in [0.15, 0.2) is 0 Å². The Kier molecular flexibility index (Phi) is 4.55. The summed E-state index contributed by atoms with van der Waals surface area (Å²) in [6, 6.07) is 3.03. The molecule has 1 aliphatic rings. The van der Waals surface area contributed by atoms with Crippen molar-refractivity contribution in [2.45, 2.75) is 19.5 Å². The van der Waals surface area contributed by atoms with Gasteiger partial charge in [0.2, 0.25) is 0 Å². The van der Waals surface area contributed by atoms with Crippen LogP contribution in [0.5, 0.6) is 0 Å². The minimum absolute atomic E-state index is 0.712. The Hall–Kier alpha value is 0.490. The van der Waals surface area contributed by atoms with E-state index in [4.69, 9.17) is 0 Å². The largest absolute Gasteiger partial charge is 0.294 e. The van der Waals surface area contributed by atoms with Crippen LogP contribution in [0.2, 0.25) is 0 Å². The zero-order valence-corrected chi connectivity index (χ0v) is 12.1. The molecule has 0 bridgehead atoms. The molecule has 0 amide bonds. The lowest BCUT2D eigenvalue weighted by Gasteiger charge is -2.34. The number of hydrogen-bond acceptors (Lipinski definition) is 3. The van der Waals surface area contributed by atoms with E-state index in [1.54, 1.807) is 0 Å². The van der Waals surface area contributed by atoms with Crippen molar-refractivity contribution < 1.29 is 0 Å². The molecule has 0 aromatic carbocycles. The summed E-state index contributed by atoms with van der Waals surface area (Å²) < 4.78 is 0. The van der Waals surface area contributed by atoms with Gasteiger partial charge in [-0.05, 0) is 23.9 Å². The van der Waals surface area contributed by atoms with E-state index in [0.717, 1.165) is 11.9 Å². The predicted octanol–water partition coefficient (Wildman–Crippen LogP) is 3.37. The summed E-state index contributed by atoms with van der Waals surface area (Å²) in [7, 11) is 0. The normalized spacial score (nSPS) is 23.2. The number of thiophene rings is 1. The van der Waals surface area contributed by atoms with E-state index in [-0.39, 0.29) is 0 Å². The van der Waals surface area contributed by atoms with Crippen LogP contribution in [0.3, 0.4) is 0 Å². The van der Waals surface area contributed by atoms with Gasteiger partial charge in [0.25, 0.3) is 0 Å². The molecule has 2 rings (SSSR count). The quantitative estimate of drug-likeness (QED) is 0.788. The summed E-state index contributed by atoms with van der Waals surface area (Å²) in [4.78, 5) is 4.03. The molecule has 4 heteroatoms. The van der Waals surface area contributed by atoms with Crippen molar-refractivity contribution in [1.82, 2.24) is 4.90 Å². The highest BCUT2D eigenvalue weighted by Gasteiger charge is 2.21. The topological polar surface area (TPSA) is 3.24 Å². The fourth-order valence-electron chi connectivity index (χ4n) is 1.85. The van der Waals surface area contributed by atoms with Crippen LogP contribution in [0.1, 0.15) is 10.4 Å². The van der Waals surface area contributed by atoms with Crippen molar-refractivity contribution >= 4 is 39.0 Å². The molecule has 1 unspecified atom stereocenters. The molecule has 0 radical (unpaired) electrons. The van der Waals surface area contributed by atoms with E-state index in [0.29, 0.717) is 6.04 Å². The zero-order valence-electron chi connectivity index (χ0n) is 8.91. The molecule has 0 saturated carbocycles. The van der Waals surface area contributed by atoms with E-state index in [1.165, 1.54) is 28.5 Å². The van der Waals surface area contributed by atoms with Crippen LogP contribution >= 0.6 is 39.0 Å². The Balaban J connectivity index is 1.97. The molecule has 2 heterocycles. The lowest BCUT2D eigenvalue weighted by atomic mass is 10.2. The second-order valence-corrected chi connectivity index (χ2v) is 6.83. The SMILES string of the molecule is Cc1cc(CN2CCSCC2CBr)cs1. The molecule has 0 N–H and O–H groups in total. The van der Waals surface area contributed by atoms with E-state index >= 15 is 0 Å². The maximum absolute atomic E-state index is 3.62. The van der Waals surface area contributed by atoms with Crippen LogP contribution in [0.25, 0.3) is 0 Å². The number of thioether (sulfide) groups is 1. The van der Waals surface area contributed by atoms with Crippen LogP contribution in [-0.4, -0.2) is 34.3 Å². The average Bonchev–Trinajstić information content (AvgIpc) is 2.65. The molecule has 1 aliphatic heterocycles. The molecular weight excluding hydrogens is 290 g/mol. The van der Waals surface area contributed by atoms with Gasteiger partial charge in [0, 0.05) is 40.8 Å². The second-order valence-electron chi connectivity index (χ2n) is 3.92. The van der Waals surface area contributed by atoms with Gasteiger partial charge in [-0.2, -0.15) is 11.8 Å². The fraction of sp³-hybridized carbons (Fsp3) is 0.636. The first kappa shape index (κ1) is 12.0. The average molecular weight is 306 g/mol. The first-order chi connectivity index (χ1) is 7.29. The number of nitrogens with zero attached hydrogens (tertiary/aromatic N) is 1. The Morgan fingerprint density at radius 1 is 1.60 bits per heavy atom. The molecule has 1 nitrogen and oxygen atoms in total. The van der Waals surface area contributed by atoms with E-state index in [1.807, 2.05) is 11.3 Å². The molecule has 15 heavy (non-hydrogen) atoms. The molecule has 84 valence electrons. The molecule has 1 aromatic heterocycles. The minimum atomic E-state index is 0.712. The van der Waals surface area contributed by atoms with E-state index in [2.05, 4.69) is 51.0 Å². The van der Waals surface area contributed by atoms with Crippen molar-refractivity contribution in [3.63, 3.8) is 0 Å². The van der Waals surface area contributed by atoms with Crippen LogP contribution in [0, 0.1) is 6.92 Å². The maximum Gasteiger partial charge on any atom is 0.0287 e. The smallest absolute Gasteiger partial charge is 0.0287 e. The molecule has 0 spiro atoms. The van der Waals surface area contributed by atoms with Gasteiger partial charge < -0.3 is 0 Å². The molecule has 1 aromatic rings. The fourth-order valence-corrected chi connectivity index (χ4v) is 4.63. The highest BCUT2D eigenvalue weighted by molar-refractivity contribution is 9.09. The summed E-state index contributed by atoms with van der Waals surface area (Å²) in [5.74, 6) is 2.56. The highest BCUT2D eigenvalue weighted by Crippen LogP contribution is 2.22. The number of alkyl halides is 1. The number of rotatable bonds is 3. The summed E-state index contributed by atoms with van der Waals surface area (Å²) in [5, 5.41) is 3.39.